The molecule has 2 rings (SSSR count). The molecule has 0 saturated carbocycles. The van der Waals surface area contributed by atoms with E-state index < -0.39 is 5.76 Å². The van der Waals surface area contributed by atoms with Crippen LogP contribution in [-0.4, -0.2) is 5.76 Å². The molecule has 1 heterocycles. The van der Waals surface area contributed by atoms with Crippen LogP contribution in [0.4, 0.5) is 13.2 Å². The van der Waals surface area contributed by atoms with E-state index in [1.54, 1.807) is 24.3 Å². The number of rotatable bonds is 7. The maximum Gasteiger partial charge on any atom is 0.284 e. The minimum Gasteiger partial charge on any atom is -0.464 e. The van der Waals surface area contributed by atoms with Crippen molar-refractivity contribution in [2.45, 2.75) is 24.6 Å². The van der Waals surface area contributed by atoms with Gasteiger partial charge in [0.1, 0.15) is 17.3 Å². The van der Waals surface area contributed by atoms with E-state index in [0.29, 0.717) is 36.4 Å². The Balaban J connectivity index is 1.75. The molecule has 0 unspecified atom stereocenters. The van der Waals surface area contributed by atoms with Crippen LogP contribution < -0.4 is 5.32 Å². The van der Waals surface area contributed by atoms with Gasteiger partial charge in [-0.2, -0.15) is 8.78 Å². The molecule has 0 aliphatic carbocycles. The summed E-state index contributed by atoms with van der Waals surface area (Å²) in [5.41, 5.74) is 0.964. The van der Waals surface area contributed by atoms with Crippen LogP contribution >= 0.6 is 11.8 Å². The van der Waals surface area contributed by atoms with E-state index in [-0.39, 0.29) is 11.6 Å². The largest absolute Gasteiger partial charge is 0.464 e. The lowest BCUT2D eigenvalue weighted by Crippen LogP contribution is -2.12. The highest BCUT2D eigenvalue weighted by atomic mass is 32.2. The Morgan fingerprint density at radius 3 is 2.40 bits per heavy atom. The highest BCUT2D eigenvalue weighted by molar-refractivity contribution is 7.98. The first-order valence-electron chi connectivity index (χ1n) is 6.06. The van der Waals surface area contributed by atoms with E-state index in [0.717, 1.165) is 5.56 Å². The van der Waals surface area contributed by atoms with Crippen molar-refractivity contribution in [2.75, 3.05) is 0 Å². The first-order valence-corrected chi connectivity index (χ1v) is 7.11. The molecule has 2 nitrogen and oxygen atoms in total. The van der Waals surface area contributed by atoms with Crippen molar-refractivity contribution >= 4 is 11.8 Å². The Kier molecular flexibility index (Phi) is 5.55. The molecule has 1 N–H and O–H groups in total. The van der Waals surface area contributed by atoms with Crippen LogP contribution in [-0.2, 0) is 18.8 Å². The molecule has 0 bridgehead atoms. The molecule has 0 fully saturated rings. The summed E-state index contributed by atoms with van der Waals surface area (Å²) in [5, 5.41) is 3.14. The second-order valence-electron chi connectivity index (χ2n) is 4.17. The van der Waals surface area contributed by atoms with E-state index in [1.807, 2.05) is 0 Å². The number of nitrogens with one attached hydrogen (secondary N) is 1. The third-order valence-corrected chi connectivity index (χ3v) is 3.31. The molecule has 2 aromatic rings. The third-order valence-electron chi connectivity index (χ3n) is 2.61. The van der Waals surface area contributed by atoms with Crippen LogP contribution in [0.3, 0.4) is 0 Å². The smallest absolute Gasteiger partial charge is 0.284 e. The molecule has 1 aromatic carbocycles. The van der Waals surface area contributed by atoms with Gasteiger partial charge in [0.25, 0.3) is 5.76 Å². The minimum absolute atomic E-state index is 0.162. The van der Waals surface area contributed by atoms with Crippen molar-refractivity contribution in [2.24, 2.45) is 0 Å². The van der Waals surface area contributed by atoms with Crippen molar-refractivity contribution in [1.82, 2.24) is 5.32 Å². The van der Waals surface area contributed by atoms with Gasteiger partial charge in [-0.25, -0.2) is 4.39 Å². The van der Waals surface area contributed by atoms with E-state index >= 15 is 0 Å². The van der Waals surface area contributed by atoms with Crippen LogP contribution in [0.1, 0.15) is 17.1 Å². The van der Waals surface area contributed by atoms with Crippen molar-refractivity contribution in [1.29, 1.82) is 0 Å². The number of hydrogen-bond donors (Lipinski definition) is 1. The Labute approximate surface area is 119 Å². The predicted molar refractivity (Wildman–Crippen MR) is 73.0 cm³/mol. The lowest BCUT2D eigenvalue weighted by Gasteiger charge is -2.03. The molecule has 1 aromatic heterocycles. The Morgan fingerprint density at radius 2 is 1.70 bits per heavy atom. The van der Waals surface area contributed by atoms with E-state index in [1.165, 1.54) is 12.1 Å². The molecule has 0 amide bonds. The quantitative estimate of drug-likeness (QED) is 0.831. The lowest BCUT2D eigenvalue weighted by atomic mass is 10.2. The van der Waals surface area contributed by atoms with Crippen molar-refractivity contribution in [3.63, 3.8) is 0 Å². The third kappa shape index (κ3) is 4.94. The van der Waals surface area contributed by atoms with Crippen LogP contribution in [0.2, 0.25) is 0 Å². The summed E-state index contributed by atoms with van der Waals surface area (Å²) in [6.45, 7) is 1.08. The standard InChI is InChI=1S/C14H14F3NOS/c15-11-3-1-10(2-4-11)7-18-8-12-5-6-13(19-12)9-20-14(16)17/h1-6,14,18H,7-9H2. The van der Waals surface area contributed by atoms with Crippen molar-refractivity contribution in [3.8, 4) is 0 Å². The number of thioether (sulfide) groups is 1. The lowest BCUT2D eigenvalue weighted by molar-refractivity contribution is 0.251. The number of alkyl halides is 2. The van der Waals surface area contributed by atoms with Gasteiger partial charge in [-0.05, 0) is 29.8 Å². The zero-order chi connectivity index (χ0) is 14.4. The van der Waals surface area contributed by atoms with Gasteiger partial charge in [0.05, 0.1) is 12.3 Å². The Hall–Kier alpha value is -1.40. The summed E-state index contributed by atoms with van der Waals surface area (Å²) >= 11 is 0.537. The average molecular weight is 301 g/mol. The number of halogens is 3. The molecule has 0 saturated heterocycles. The summed E-state index contributed by atoms with van der Waals surface area (Å²) in [6.07, 6.45) is 0. The van der Waals surface area contributed by atoms with Gasteiger partial charge in [0.15, 0.2) is 0 Å². The van der Waals surface area contributed by atoms with E-state index in [4.69, 9.17) is 4.42 Å². The monoisotopic (exact) mass is 301 g/mol. The van der Waals surface area contributed by atoms with Crippen LogP contribution in [0.15, 0.2) is 40.8 Å². The molecular weight excluding hydrogens is 287 g/mol. The fourth-order valence-electron chi connectivity index (χ4n) is 1.67. The Bertz CT molecular complexity index is 527. The summed E-state index contributed by atoms with van der Waals surface area (Å²) in [4.78, 5) is 0. The van der Waals surface area contributed by atoms with Gasteiger partial charge in [-0.15, -0.1) is 0 Å². The molecule has 0 spiro atoms. The normalized spacial score (nSPS) is 11.2. The maximum absolute atomic E-state index is 12.7. The van der Waals surface area contributed by atoms with Gasteiger partial charge < -0.3 is 9.73 Å². The Morgan fingerprint density at radius 1 is 1.00 bits per heavy atom. The van der Waals surface area contributed by atoms with Gasteiger partial charge in [0.2, 0.25) is 0 Å². The molecule has 0 aliphatic heterocycles. The molecule has 20 heavy (non-hydrogen) atoms. The van der Waals surface area contributed by atoms with Gasteiger partial charge in [-0.3, -0.25) is 0 Å². The predicted octanol–water partition coefficient (Wildman–Crippen LogP) is 4.16. The second-order valence-corrected chi connectivity index (χ2v) is 5.15. The topological polar surface area (TPSA) is 25.2 Å². The number of benzene rings is 1. The first-order chi connectivity index (χ1) is 9.63. The second kappa shape index (κ2) is 7.40. The van der Waals surface area contributed by atoms with Gasteiger partial charge in [0, 0.05) is 6.54 Å². The molecule has 6 heteroatoms. The molecule has 0 atom stereocenters. The first kappa shape index (κ1) is 15.0. The van der Waals surface area contributed by atoms with Crippen molar-refractivity contribution in [3.05, 3.63) is 59.3 Å². The molecule has 0 radical (unpaired) electrons. The fourth-order valence-corrected chi connectivity index (χ4v) is 2.12. The molecule has 108 valence electrons. The highest BCUT2D eigenvalue weighted by Crippen LogP contribution is 2.21. The summed E-state index contributed by atoms with van der Waals surface area (Å²) in [5.74, 6) is -1.26. The molecular formula is C14H14F3NOS. The number of furan rings is 1. The van der Waals surface area contributed by atoms with Crippen LogP contribution in [0, 0.1) is 5.82 Å². The van der Waals surface area contributed by atoms with Crippen LogP contribution in [0.5, 0.6) is 0 Å². The summed E-state index contributed by atoms with van der Waals surface area (Å²) in [6, 6.07) is 9.68. The number of hydrogen-bond acceptors (Lipinski definition) is 3. The van der Waals surface area contributed by atoms with Gasteiger partial charge in [-0.1, -0.05) is 23.9 Å². The zero-order valence-corrected chi connectivity index (χ0v) is 11.4. The summed E-state index contributed by atoms with van der Waals surface area (Å²) in [7, 11) is 0. The van der Waals surface area contributed by atoms with E-state index in [9.17, 15) is 13.2 Å². The SMILES string of the molecule is Fc1ccc(CNCc2ccc(CSC(F)F)o2)cc1. The molecule has 0 aliphatic rings. The average Bonchev–Trinajstić information content (AvgIpc) is 2.87. The van der Waals surface area contributed by atoms with Crippen LogP contribution in [0.25, 0.3) is 0 Å². The highest BCUT2D eigenvalue weighted by Gasteiger charge is 2.07. The minimum atomic E-state index is -2.39. The zero-order valence-electron chi connectivity index (χ0n) is 10.6. The maximum atomic E-state index is 12.7. The summed E-state index contributed by atoms with van der Waals surface area (Å²) < 4.78 is 42.2. The van der Waals surface area contributed by atoms with Gasteiger partial charge >= 0.3 is 0 Å². The fraction of sp³-hybridized carbons (Fsp3) is 0.286. The van der Waals surface area contributed by atoms with Crippen molar-refractivity contribution < 1.29 is 17.6 Å². The van der Waals surface area contributed by atoms with E-state index in [2.05, 4.69) is 5.32 Å².